The number of carbonyl (C=O) groups excluding carboxylic acids is 5. The standard InChI is InChI=1S/C44H76N5O15P.C3H8.5CH4.5H2/c1-6-25-58-31-33-60-28-22-46-40(51)15-18-44(19-16-41(52)47-23-29-61-34-32-59-26-7-2,20-17-42(53)48-24-30-62-35-36-63-37-38(3)4)49-43(54)14-12-13-39(50)45-21-10-8-9-11-27-64-65(55,56)57-5;1-3-2;;;;;;;;;;/h1-2H,3,8-37H2,4-5H3,(H,45,50)(H,46,51)(H,47,52)(H,48,53)(H,49,54)(H,55,56);3H2,1-2H3;5*1H4;5*1H. The second-order valence-electron chi connectivity index (χ2n) is 15.5. The van der Waals surface area contributed by atoms with Crippen LogP contribution in [0.1, 0.15) is 155 Å². The lowest BCUT2D eigenvalue weighted by molar-refractivity contribution is -0.128. The fraction of sp³-hybridized carbons (Fsp3) is 0.788. The predicted octanol–water partition coefficient (Wildman–Crippen LogP) is 7.91. The molecule has 1 atom stereocenters. The van der Waals surface area contributed by atoms with Gasteiger partial charge in [-0.15, -0.1) is 12.8 Å². The molecule has 0 aliphatic carbocycles. The Balaban J connectivity index is -0.000000327. The van der Waals surface area contributed by atoms with E-state index in [0.29, 0.717) is 65.6 Å². The molecule has 73 heavy (non-hydrogen) atoms. The minimum Gasteiger partial charge on any atom is -0.377 e. The first-order valence-electron chi connectivity index (χ1n) is 23.6. The maximum atomic E-state index is 13.6. The molecule has 20 nitrogen and oxygen atoms in total. The van der Waals surface area contributed by atoms with E-state index in [-0.39, 0.29) is 185 Å². The van der Waals surface area contributed by atoms with Crippen molar-refractivity contribution in [3.8, 4) is 24.7 Å². The van der Waals surface area contributed by atoms with Crippen LogP contribution in [0, 0.1) is 24.7 Å². The molecule has 0 radical (unpaired) electrons. The van der Waals surface area contributed by atoms with Crippen molar-refractivity contribution in [3.63, 3.8) is 0 Å². The predicted molar refractivity (Wildman–Crippen MR) is 303 cm³/mol. The number of carbonyl (C=O) groups is 5. The summed E-state index contributed by atoms with van der Waals surface area (Å²) >= 11 is 0. The number of rotatable bonds is 45. The molecule has 0 fully saturated rings. The molecule has 0 aromatic carbocycles. The first-order valence-corrected chi connectivity index (χ1v) is 25.1. The first kappa shape index (κ1) is 83.1. The van der Waals surface area contributed by atoms with Crippen molar-refractivity contribution in [2.24, 2.45) is 0 Å². The van der Waals surface area contributed by atoms with E-state index < -0.39 is 19.3 Å². The Bertz CT molecular complexity index is 1470. The first-order chi connectivity index (χ1) is 32.7. The molecular formula is C52H114N5O15P. The number of hydrogen-bond donors (Lipinski definition) is 6. The van der Waals surface area contributed by atoms with Crippen LogP contribution in [0.2, 0.25) is 0 Å². The van der Waals surface area contributed by atoms with E-state index in [4.69, 9.17) is 45.8 Å². The average molecular weight is 1080 g/mol. The SMILES string of the molecule is C.C.C.C.C.C#CCOCCOCCNC(=O)CCC(CCC(=O)NCCOCCOCC#C)(CCC(=O)NCCOCCOCC(=C)C)NC(=O)CCCC(=O)NCCCCCCOP(=O)(O)OC.CCC.[HH].[HH].[HH].[HH].[HH]. The number of ether oxygens (including phenoxy) is 6. The maximum absolute atomic E-state index is 13.6. The number of nitrogens with one attached hydrogen (secondary N) is 5. The van der Waals surface area contributed by atoms with Gasteiger partial charge in [-0.2, -0.15) is 0 Å². The van der Waals surface area contributed by atoms with Crippen molar-refractivity contribution in [2.45, 2.75) is 153 Å². The normalized spacial score (nSPS) is 10.9. The fourth-order valence-electron chi connectivity index (χ4n) is 5.74. The molecule has 0 aliphatic rings. The monoisotopic (exact) mass is 1080 g/mol. The lowest BCUT2D eigenvalue weighted by atomic mass is 9.82. The van der Waals surface area contributed by atoms with Gasteiger partial charge in [-0.05, 0) is 45.4 Å². The number of hydrogen-bond acceptors (Lipinski definition) is 14. The summed E-state index contributed by atoms with van der Waals surface area (Å²) in [5.74, 6) is 3.17. The summed E-state index contributed by atoms with van der Waals surface area (Å²) in [6.07, 6.45) is 14.9. The summed E-state index contributed by atoms with van der Waals surface area (Å²) in [6.45, 7) is 14.5. The zero-order chi connectivity index (χ0) is 51.0. The van der Waals surface area contributed by atoms with E-state index in [1.54, 1.807) is 0 Å². The molecular weight excluding hydrogens is 966 g/mol. The number of phosphoric acid groups is 1. The minimum atomic E-state index is -3.99. The molecule has 0 spiro atoms. The Kier molecular flexibility index (Phi) is 67.1. The second-order valence-corrected chi connectivity index (χ2v) is 17.1. The number of unbranched alkanes of at least 4 members (excludes halogenated alkanes) is 3. The molecule has 0 saturated heterocycles. The lowest BCUT2D eigenvalue weighted by Gasteiger charge is -2.35. The molecule has 0 heterocycles. The highest BCUT2D eigenvalue weighted by Crippen LogP contribution is 2.42. The number of phosphoric ester groups is 1. The van der Waals surface area contributed by atoms with Crippen molar-refractivity contribution in [1.29, 1.82) is 0 Å². The Morgan fingerprint density at radius 3 is 1.33 bits per heavy atom. The third-order valence-corrected chi connectivity index (χ3v) is 10.1. The van der Waals surface area contributed by atoms with Gasteiger partial charge in [0.05, 0.1) is 72.7 Å². The van der Waals surface area contributed by atoms with Gasteiger partial charge < -0.3 is 59.9 Å². The Labute approximate surface area is 450 Å². The zero-order valence-corrected chi connectivity index (χ0v) is 42.3. The largest absolute Gasteiger partial charge is 0.471 e. The molecule has 0 aromatic heterocycles. The summed E-state index contributed by atoms with van der Waals surface area (Å²) in [5, 5.41) is 14.3. The highest BCUT2D eigenvalue weighted by molar-refractivity contribution is 7.47. The quantitative estimate of drug-likeness (QED) is 0.0147. The van der Waals surface area contributed by atoms with Gasteiger partial charge in [0.15, 0.2) is 0 Å². The van der Waals surface area contributed by atoms with Crippen LogP contribution in [0.15, 0.2) is 12.2 Å². The molecule has 0 aliphatic heterocycles. The Hall–Kier alpha value is -3.92. The van der Waals surface area contributed by atoms with E-state index in [0.717, 1.165) is 25.5 Å². The van der Waals surface area contributed by atoms with Crippen LogP contribution in [-0.2, 0) is 66.0 Å². The van der Waals surface area contributed by atoms with Gasteiger partial charge in [0.25, 0.3) is 0 Å². The van der Waals surface area contributed by atoms with E-state index in [1.165, 1.54) is 6.42 Å². The molecule has 442 valence electrons. The molecule has 0 bridgehead atoms. The van der Waals surface area contributed by atoms with Crippen LogP contribution in [-0.4, -0.2) is 159 Å². The highest BCUT2D eigenvalue weighted by atomic mass is 31.2. The second kappa shape index (κ2) is 59.0. The fourth-order valence-corrected chi connectivity index (χ4v) is 6.20. The van der Waals surface area contributed by atoms with Crippen LogP contribution < -0.4 is 26.6 Å². The van der Waals surface area contributed by atoms with Crippen LogP contribution in [0.25, 0.3) is 0 Å². The van der Waals surface area contributed by atoms with Crippen LogP contribution >= 0.6 is 7.82 Å². The van der Waals surface area contributed by atoms with Gasteiger partial charge in [0.2, 0.25) is 29.5 Å². The topological polar surface area (TPSA) is 257 Å². The van der Waals surface area contributed by atoms with Gasteiger partial charge in [0.1, 0.15) is 13.2 Å². The van der Waals surface area contributed by atoms with E-state index in [9.17, 15) is 33.4 Å². The molecule has 1 unspecified atom stereocenters. The minimum absolute atomic E-state index is 0. The van der Waals surface area contributed by atoms with Crippen LogP contribution in [0.5, 0.6) is 0 Å². The molecule has 21 heteroatoms. The van der Waals surface area contributed by atoms with Gasteiger partial charge >= 0.3 is 7.82 Å². The third-order valence-electron chi connectivity index (χ3n) is 9.12. The Morgan fingerprint density at radius 1 is 0.548 bits per heavy atom. The van der Waals surface area contributed by atoms with Crippen molar-refractivity contribution >= 4 is 37.4 Å². The lowest BCUT2D eigenvalue weighted by Crippen LogP contribution is -2.50. The number of amides is 5. The van der Waals surface area contributed by atoms with Gasteiger partial charge in [0, 0.05) is 78.1 Å². The van der Waals surface area contributed by atoms with Gasteiger partial charge in [-0.3, -0.25) is 33.0 Å². The van der Waals surface area contributed by atoms with Crippen LogP contribution in [0.4, 0.5) is 0 Å². The highest BCUT2D eigenvalue weighted by Gasteiger charge is 2.33. The average Bonchev–Trinajstić information content (AvgIpc) is 3.30. The molecule has 6 N–H and O–H groups in total. The molecule has 0 aromatic rings. The molecule has 0 saturated carbocycles. The van der Waals surface area contributed by atoms with E-state index in [2.05, 4.69) is 63.4 Å². The molecule has 5 amide bonds. The zero-order valence-electron chi connectivity index (χ0n) is 41.4. The summed E-state index contributed by atoms with van der Waals surface area (Å²) in [5.41, 5.74) is -0.255. The summed E-state index contributed by atoms with van der Waals surface area (Å²) < 4.78 is 52.7. The summed E-state index contributed by atoms with van der Waals surface area (Å²) in [4.78, 5) is 74.6. The van der Waals surface area contributed by atoms with Crippen molar-refractivity contribution < 1.29 is 78.0 Å². The van der Waals surface area contributed by atoms with Gasteiger partial charge in [-0.25, -0.2) is 4.57 Å². The van der Waals surface area contributed by atoms with Crippen molar-refractivity contribution in [1.82, 2.24) is 26.6 Å². The number of terminal acetylenes is 2. The Morgan fingerprint density at radius 2 is 0.918 bits per heavy atom. The van der Waals surface area contributed by atoms with Gasteiger partial charge in [-0.1, -0.05) is 94.2 Å². The van der Waals surface area contributed by atoms with Crippen LogP contribution in [0.3, 0.4) is 0 Å². The third kappa shape index (κ3) is 58.8. The molecule has 0 rings (SSSR count). The summed E-state index contributed by atoms with van der Waals surface area (Å²) in [7, 11) is -2.90. The smallest absolute Gasteiger partial charge is 0.377 e. The van der Waals surface area contributed by atoms with E-state index >= 15 is 0 Å². The summed E-state index contributed by atoms with van der Waals surface area (Å²) in [6, 6.07) is 0. The van der Waals surface area contributed by atoms with Crippen molar-refractivity contribution in [2.75, 3.05) is 119 Å². The van der Waals surface area contributed by atoms with Crippen molar-refractivity contribution in [3.05, 3.63) is 12.2 Å². The van der Waals surface area contributed by atoms with E-state index in [1.807, 2.05) is 6.92 Å². The maximum Gasteiger partial charge on any atom is 0.471 e.